The van der Waals surface area contributed by atoms with Crippen LogP contribution in [-0.4, -0.2) is 12.9 Å². The van der Waals surface area contributed by atoms with E-state index in [0.717, 1.165) is 29.4 Å². The third-order valence-corrected chi connectivity index (χ3v) is 4.71. The van der Waals surface area contributed by atoms with Crippen LogP contribution < -0.4 is 4.74 Å². The first-order valence-electron chi connectivity index (χ1n) is 6.41. The van der Waals surface area contributed by atoms with Gasteiger partial charge in [0.05, 0.1) is 12.0 Å². The Kier molecular flexibility index (Phi) is 4.21. The molecule has 94 valence electrons. The first kappa shape index (κ1) is 12.6. The Balaban J connectivity index is 2.03. The van der Waals surface area contributed by atoms with Crippen LogP contribution in [0.5, 0.6) is 5.75 Å². The number of thiophene rings is 1. The van der Waals surface area contributed by atoms with Crippen LogP contribution in [0, 0.1) is 11.8 Å². The Morgan fingerprint density at radius 2 is 2.35 bits per heavy atom. The minimum atomic E-state index is 0.247. The van der Waals surface area contributed by atoms with E-state index in [1.807, 2.05) is 11.4 Å². The minimum Gasteiger partial charge on any atom is -0.496 e. The van der Waals surface area contributed by atoms with E-state index in [-0.39, 0.29) is 5.92 Å². The van der Waals surface area contributed by atoms with Crippen LogP contribution in [0.1, 0.15) is 48.7 Å². The van der Waals surface area contributed by atoms with E-state index in [9.17, 15) is 4.79 Å². The van der Waals surface area contributed by atoms with Crippen molar-refractivity contribution >= 4 is 17.1 Å². The molecule has 17 heavy (non-hydrogen) atoms. The maximum atomic E-state index is 12.3. The molecule has 0 aliphatic heterocycles. The van der Waals surface area contributed by atoms with Crippen molar-refractivity contribution in [2.24, 2.45) is 11.8 Å². The summed E-state index contributed by atoms with van der Waals surface area (Å²) < 4.78 is 5.13. The number of carbonyl (C=O) groups is 1. The highest BCUT2D eigenvalue weighted by Crippen LogP contribution is 2.34. The molecule has 0 aromatic carbocycles. The van der Waals surface area contributed by atoms with E-state index < -0.39 is 0 Å². The van der Waals surface area contributed by atoms with Gasteiger partial charge in [-0.2, -0.15) is 0 Å². The highest BCUT2D eigenvalue weighted by molar-refractivity contribution is 7.12. The summed E-state index contributed by atoms with van der Waals surface area (Å²) in [7, 11) is 1.64. The molecule has 1 heterocycles. The highest BCUT2D eigenvalue weighted by Gasteiger charge is 2.27. The van der Waals surface area contributed by atoms with Gasteiger partial charge in [-0.1, -0.05) is 26.2 Å². The van der Waals surface area contributed by atoms with E-state index in [1.54, 1.807) is 7.11 Å². The number of methoxy groups -OCH3 is 1. The molecule has 1 aliphatic carbocycles. The van der Waals surface area contributed by atoms with Crippen LogP contribution in [-0.2, 0) is 0 Å². The number of Topliss-reactive ketones (excluding diaryl/α,β-unsaturated/α-hetero) is 1. The fourth-order valence-electron chi connectivity index (χ4n) is 2.66. The minimum absolute atomic E-state index is 0.247. The summed E-state index contributed by atoms with van der Waals surface area (Å²) in [5, 5.41) is 1.91. The first-order chi connectivity index (χ1) is 8.24. The molecule has 2 atom stereocenters. The lowest BCUT2D eigenvalue weighted by atomic mass is 9.78. The number of ketones is 1. The van der Waals surface area contributed by atoms with E-state index in [0.29, 0.717) is 5.78 Å². The number of hydrogen-bond acceptors (Lipinski definition) is 3. The standard InChI is InChI=1S/C14H20O2S/c1-3-10-5-4-6-11(7-10)14(15)13-8-12(16-2)9-17-13/h8-11H,3-7H2,1-2H3. The molecule has 3 heteroatoms. The summed E-state index contributed by atoms with van der Waals surface area (Å²) in [4.78, 5) is 13.2. The molecule has 0 N–H and O–H groups in total. The molecular weight excluding hydrogens is 232 g/mol. The van der Waals surface area contributed by atoms with Crippen molar-refractivity contribution in [1.29, 1.82) is 0 Å². The Morgan fingerprint density at radius 1 is 1.53 bits per heavy atom. The number of carbonyl (C=O) groups excluding carboxylic acids is 1. The van der Waals surface area contributed by atoms with E-state index in [1.165, 1.54) is 30.6 Å². The Labute approximate surface area is 107 Å². The van der Waals surface area contributed by atoms with Crippen LogP contribution >= 0.6 is 11.3 Å². The van der Waals surface area contributed by atoms with Gasteiger partial charge in [-0.05, 0) is 18.8 Å². The summed E-state index contributed by atoms with van der Waals surface area (Å²) in [5.74, 6) is 2.13. The molecule has 1 aromatic rings. The van der Waals surface area contributed by atoms with Crippen LogP contribution in [0.2, 0.25) is 0 Å². The Bertz CT molecular complexity index is 383. The molecule has 1 aliphatic rings. The summed E-state index contributed by atoms with van der Waals surface area (Å²) in [6, 6.07) is 1.88. The molecule has 0 spiro atoms. The van der Waals surface area contributed by atoms with Crippen molar-refractivity contribution < 1.29 is 9.53 Å². The number of ether oxygens (including phenoxy) is 1. The van der Waals surface area contributed by atoms with Crippen molar-refractivity contribution in [3.8, 4) is 5.75 Å². The lowest BCUT2D eigenvalue weighted by molar-refractivity contribution is 0.0866. The summed E-state index contributed by atoms with van der Waals surface area (Å²) in [5.41, 5.74) is 0. The molecule has 0 bridgehead atoms. The second kappa shape index (κ2) is 5.67. The van der Waals surface area contributed by atoms with E-state index in [2.05, 4.69) is 6.92 Å². The van der Waals surface area contributed by atoms with Gasteiger partial charge in [0, 0.05) is 17.4 Å². The zero-order chi connectivity index (χ0) is 12.3. The van der Waals surface area contributed by atoms with Gasteiger partial charge in [-0.3, -0.25) is 4.79 Å². The van der Waals surface area contributed by atoms with Gasteiger partial charge in [0.1, 0.15) is 5.75 Å². The fraction of sp³-hybridized carbons (Fsp3) is 0.643. The summed E-state index contributed by atoms with van der Waals surface area (Å²) in [6.45, 7) is 2.23. The number of rotatable bonds is 4. The van der Waals surface area contributed by atoms with Gasteiger partial charge < -0.3 is 4.74 Å². The van der Waals surface area contributed by atoms with Crippen molar-refractivity contribution in [3.63, 3.8) is 0 Å². The predicted octanol–water partition coefficient (Wildman–Crippen LogP) is 4.16. The highest BCUT2D eigenvalue weighted by atomic mass is 32.1. The lowest BCUT2D eigenvalue weighted by Crippen LogP contribution is -2.22. The topological polar surface area (TPSA) is 26.3 Å². The van der Waals surface area contributed by atoms with Crippen LogP contribution in [0.25, 0.3) is 0 Å². The normalized spacial score (nSPS) is 24.6. The molecule has 2 rings (SSSR count). The van der Waals surface area contributed by atoms with Gasteiger partial charge in [0.2, 0.25) is 0 Å². The third-order valence-electron chi connectivity index (χ3n) is 3.78. The zero-order valence-corrected chi connectivity index (χ0v) is 11.4. The largest absolute Gasteiger partial charge is 0.496 e. The van der Waals surface area contributed by atoms with Crippen molar-refractivity contribution in [1.82, 2.24) is 0 Å². The molecule has 0 amide bonds. The monoisotopic (exact) mass is 252 g/mol. The SMILES string of the molecule is CCC1CCCC(C(=O)c2cc(OC)cs2)C1. The van der Waals surface area contributed by atoms with Gasteiger partial charge >= 0.3 is 0 Å². The molecule has 1 saturated carbocycles. The van der Waals surface area contributed by atoms with Crippen molar-refractivity contribution in [3.05, 3.63) is 16.3 Å². The summed E-state index contributed by atoms with van der Waals surface area (Å²) in [6.07, 6.45) is 5.86. The predicted molar refractivity (Wildman–Crippen MR) is 70.9 cm³/mol. The Hall–Kier alpha value is -0.830. The molecule has 0 radical (unpaired) electrons. The van der Waals surface area contributed by atoms with Crippen LogP contribution in [0.15, 0.2) is 11.4 Å². The smallest absolute Gasteiger partial charge is 0.175 e. The quantitative estimate of drug-likeness (QED) is 0.752. The van der Waals surface area contributed by atoms with Gasteiger partial charge in [-0.25, -0.2) is 0 Å². The van der Waals surface area contributed by atoms with Gasteiger partial charge in [-0.15, -0.1) is 11.3 Å². The third kappa shape index (κ3) is 2.89. The molecule has 1 aromatic heterocycles. The molecule has 0 saturated heterocycles. The fourth-order valence-corrected chi connectivity index (χ4v) is 3.53. The van der Waals surface area contributed by atoms with E-state index in [4.69, 9.17) is 4.74 Å². The maximum absolute atomic E-state index is 12.3. The van der Waals surface area contributed by atoms with Gasteiger partial charge in [0.15, 0.2) is 5.78 Å². The second-order valence-corrected chi connectivity index (χ2v) is 5.76. The van der Waals surface area contributed by atoms with Crippen LogP contribution in [0.4, 0.5) is 0 Å². The maximum Gasteiger partial charge on any atom is 0.175 e. The molecule has 2 nitrogen and oxygen atoms in total. The van der Waals surface area contributed by atoms with Crippen LogP contribution in [0.3, 0.4) is 0 Å². The molecule has 1 fully saturated rings. The molecular formula is C14H20O2S. The van der Waals surface area contributed by atoms with Crippen molar-refractivity contribution in [2.45, 2.75) is 39.0 Å². The van der Waals surface area contributed by atoms with E-state index >= 15 is 0 Å². The van der Waals surface area contributed by atoms with Crippen molar-refractivity contribution in [2.75, 3.05) is 7.11 Å². The first-order valence-corrected chi connectivity index (χ1v) is 7.29. The molecule has 2 unspecified atom stereocenters. The number of hydrogen-bond donors (Lipinski definition) is 0. The summed E-state index contributed by atoms with van der Waals surface area (Å²) >= 11 is 1.51. The average Bonchev–Trinajstić information content (AvgIpc) is 2.86. The second-order valence-electron chi connectivity index (χ2n) is 4.85. The zero-order valence-electron chi connectivity index (χ0n) is 10.6. The average molecular weight is 252 g/mol. The lowest BCUT2D eigenvalue weighted by Gasteiger charge is -2.27. The Morgan fingerprint density at radius 3 is 3.00 bits per heavy atom. The van der Waals surface area contributed by atoms with Gasteiger partial charge in [0.25, 0.3) is 0 Å².